The SMILES string of the molecule is Cc1c(N)cc(C(c2ccc(N)cc2)c2ccccc2N)cc1N. The van der Waals surface area contributed by atoms with E-state index in [9.17, 15) is 0 Å². The molecule has 1 atom stereocenters. The van der Waals surface area contributed by atoms with Crippen molar-refractivity contribution in [2.75, 3.05) is 22.9 Å². The van der Waals surface area contributed by atoms with Gasteiger partial charge in [0.2, 0.25) is 0 Å². The molecule has 0 bridgehead atoms. The van der Waals surface area contributed by atoms with Gasteiger partial charge in [-0.25, -0.2) is 0 Å². The zero-order valence-corrected chi connectivity index (χ0v) is 13.7. The van der Waals surface area contributed by atoms with Gasteiger partial charge >= 0.3 is 0 Å². The lowest BCUT2D eigenvalue weighted by Gasteiger charge is -2.22. The Hall–Kier alpha value is -3.14. The highest BCUT2D eigenvalue weighted by molar-refractivity contribution is 5.66. The normalized spacial score (nSPS) is 12.0. The van der Waals surface area contributed by atoms with Gasteiger partial charge in [0.1, 0.15) is 0 Å². The van der Waals surface area contributed by atoms with Crippen molar-refractivity contribution >= 4 is 22.7 Å². The minimum Gasteiger partial charge on any atom is -0.399 e. The Morgan fingerprint density at radius 3 is 1.83 bits per heavy atom. The van der Waals surface area contributed by atoms with E-state index >= 15 is 0 Å². The summed E-state index contributed by atoms with van der Waals surface area (Å²) < 4.78 is 0. The summed E-state index contributed by atoms with van der Waals surface area (Å²) in [6.07, 6.45) is 0. The van der Waals surface area contributed by atoms with Crippen molar-refractivity contribution in [3.8, 4) is 0 Å². The van der Waals surface area contributed by atoms with Crippen molar-refractivity contribution in [2.24, 2.45) is 0 Å². The van der Waals surface area contributed by atoms with Crippen LogP contribution in [0, 0.1) is 6.92 Å². The zero-order chi connectivity index (χ0) is 17.3. The summed E-state index contributed by atoms with van der Waals surface area (Å²) in [4.78, 5) is 0. The first-order chi connectivity index (χ1) is 11.5. The lowest BCUT2D eigenvalue weighted by molar-refractivity contribution is 0.981. The van der Waals surface area contributed by atoms with Crippen molar-refractivity contribution in [3.63, 3.8) is 0 Å². The molecule has 122 valence electrons. The minimum atomic E-state index is -0.0583. The van der Waals surface area contributed by atoms with Crippen LogP contribution in [0.25, 0.3) is 0 Å². The van der Waals surface area contributed by atoms with Crippen LogP contribution in [-0.4, -0.2) is 0 Å². The van der Waals surface area contributed by atoms with Crippen molar-refractivity contribution in [2.45, 2.75) is 12.8 Å². The van der Waals surface area contributed by atoms with Crippen molar-refractivity contribution in [1.82, 2.24) is 0 Å². The predicted octanol–water partition coefficient (Wildman–Crippen LogP) is 3.50. The Morgan fingerprint density at radius 1 is 0.667 bits per heavy atom. The minimum absolute atomic E-state index is 0.0583. The van der Waals surface area contributed by atoms with Gasteiger partial charge in [0, 0.05) is 28.7 Å². The number of anilines is 4. The van der Waals surface area contributed by atoms with E-state index in [1.807, 2.05) is 67.6 Å². The molecule has 0 fully saturated rings. The topological polar surface area (TPSA) is 104 Å². The van der Waals surface area contributed by atoms with Crippen LogP contribution in [0.5, 0.6) is 0 Å². The van der Waals surface area contributed by atoms with E-state index in [0.717, 1.165) is 33.6 Å². The highest BCUT2D eigenvalue weighted by atomic mass is 14.6. The molecule has 3 aromatic carbocycles. The third-order valence-electron chi connectivity index (χ3n) is 4.42. The molecule has 0 heterocycles. The maximum Gasteiger partial charge on any atom is 0.0367 e. The molecule has 4 heteroatoms. The molecule has 0 aromatic heterocycles. The molecule has 0 aliphatic rings. The molecule has 3 aromatic rings. The van der Waals surface area contributed by atoms with Gasteiger partial charge < -0.3 is 22.9 Å². The molecule has 0 saturated heterocycles. The number of benzene rings is 3. The molecule has 3 rings (SSSR count). The van der Waals surface area contributed by atoms with Crippen LogP contribution >= 0.6 is 0 Å². The molecule has 0 spiro atoms. The van der Waals surface area contributed by atoms with E-state index in [-0.39, 0.29) is 5.92 Å². The Labute approximate surface area is 142 Å². The van der Waals surface area contributed by atoms with Gasteiger partial charge in [0.15, 0.2) is 0 Å². The predicted molar refractivity (Wildman–Crippen MR) is 103 cm³/mol. The Morgan fingerprint density at radius 2 is 1.25 bits per heavy atom. The summed E-state index contributed by atoms with van der Waals surface area (Å²) >= 11 is 0. The van der Waals surface area contributed by atoms with Gasteiger partial charge in [-0.2, -0.15) is 0 Å². The van der Waals surface area contributed by atoms with Crippen LogP contribution in [0.1, 0.15) is 28.2 Å². The van der Waals surface area contributed by atoms with Crippen LogP contribution in [-0.2, 0) is 0 Å². The maximum atomic E-state index is 6.24. The fourth-order valence-electron chi connectivity index (χ4n) is 2.96. The highest BCUT2D eigenvalue weighted by Gasteiger charge is 2.20. The van der Waals surface area contributed by atoms with Gasteiger partial charge in [0.25, 0.3) is 0 Å². The van der Waals surface area contributed by atoms with Crippen molar-refractivity contribution < 1.29 is 0 Å². The first-order valence-electron chi connectivity index (χ1n) is 7.82. The van der Waals surface area contributed by atoms with E-state index < -0.39 is 0 Å². The molecular weight excluding hydrogens is 296 g/mol. The number of nitrogen functional groups attached to an aromatic ring is 4. The van der Waals surface area contributed by atoms with Crippen LogP contribution in [0.15, 0.2) is 60.7 Å². The number of rotatable bonds is 3. The third-order valence-corrected chi connectivity index (χ3v) is 4.42. The van der Waals surface area contributed by atoms with Gasteiger partial charge in [-0.3, -0.25) is 0 Å². The monoisotopic (exact) mass is 318 g/mol. The number of hydrogen-bond donors (Lipinski definition) is 4. The van der Waals surface area contributed by atoms with E-state index in [1.165, 1.54) is 0 Å². The summed E-state index contributed by atoms with van der Waals surface area (Å²) in [7, 11) is 0. The van der Waals surface area contributed by atoms with Gasteiger partial charge in [-0.05, 0) is 59.5 Å². The molecule has 8 N–H and O–H groups in total. The molecule has 1 unspecified atom stereocenters. The molecule has 0 radical (unpaired) electrons. The standard InChI is InChI=1S/C20H22N4/c1-12-18(23)10-14(11-19(12)24)20(13-6-8-15(21)9-7-13)16-4-2-3-5-17(16)22/h2-11,20H,21-24H2,1H3. The fourth-order valence-corrected chi connectivity index (χ4v) is 2.96. The second-order valence-electron chi connectivity index (χ2n) is 6.05. The van der Waals surface area contributed by atoms with Crippen LogP contribution < -0.4 is 22.9 Å². The first-order valence-corrected chi connectivity index (χ1v) is 7.82. The Kier molecular flexibility index (Phi) is 4.04. The van der Waals surface area contributed by atoms with Crippen LogP contribution in [0.4, 0.5) is 22.7 Å². The van der Waals surface area contributed by atoms with Gasteiger partial charge in [0.05, 0.1) is 0 Å². The lowest BCUT2D eigenvalue weighted by Crippen LogP contribution is -2.09. The lowest BCUT2D eigenvalue weighted by atomic mass is 9.83. The average molecular weight is 318 g/mol. The molecule has 0 aliphatic carbocycles. The van der Waals surface area contributed by atoms with Gasteiger partial charge in [-0.1, -0.05) is 30.3 Å². The molecule has 0 saturated carbocycles. The van der Waals surface area contributed by atoms with E-state index in [0.29, 0.717) is 11.4 Å². The highest BCUT2D eigenvalue weighted by Crippen LogP contribution is 2.37. The maximum absolute atomic E-state index is 6.24. The third kappa shape index (κ3) is 2.86. The second kappa shape index (κ2) is 6.16. The second-order valence-corrected chi connectivity index (χ2v) is 6.05. The summed E-state index contributed by atoms with van der Waals surface area (Å²) in [5.41, 5.74) is 31.2. The largest absolute Gasteiger partial charge is 0.399 e. The number of para-hydroxylation sites is 1. The van der Waals surface area contributed by atoms with Gasteiger partial charge in [-0.15, -0.1) is 0 Å². The molecular formula is C20H22N4. The smallest absolute Gasteiger partial charge is 0.0367 e. The summed E-state index contributed by atoms with van der Waals surface area (Å²) in [5.74, 6) is -0.0583. The summed E-state index contributed by atoms with van der Waals surface area (Å²) in [6.45, 7) is 1.92. The van der Waals surface area contributed by atoms with E-state index in [2.05, 4.69) is 0 Å². The van der Waals surface area contributed by atoms with E-state index in [4.69, 9.17) is 22.9 Å². The Bertz CT molecular complexity index is 846. The van der Waals surface area contributed by atoms with Crippen molar-refractivity contribution in [3.05, 3.63) is 82.9 Å². The summed E-state index contributed by atoms with van der Waals surface area (Å²) in [5, 5.41) is 0. The molecule has 0 amide bonds. The quantitative estimate of drug-likeness (QED) is 0.438. The molecule has 0 aliphatic heterocycles. The molecule has 24 heavy (non-hydrogen) atoms. The fraction of sp³-hybridized carbons (Fsp3) is 0.100. The zero-order valence-electron chi connectivity index (χ0n) is 13.7. The molecule has 4 nitrogen and oxygen atoms in total. The Balaban J connectivity index is 2.23. The summed E-state index contributed by atoms with van der Waals surface area (Å²) in [6, 6.07) is 19.6. The van der Waals surface area contributed by atoms with Crippen LogP contribution in [0.2, 0.25) is 0 Å². The average Bonchev–Trinajstić information content (AvgIpc) is 2.56. The van der Waals surface area contributed by atoms with Crippen molar-refractivity contribution in [1.29, 1.82) is 0 Å². The first kappa shape index (κ1) is 15.7. The van der Waals surface area contributed by atoms with E-state index in [1.54, 1.807) is 0 Å². The number of hydrogen-bond acceptors (Lipinski definition) is 4. The van der Waals surface area contributed by atoms with Crippen LogP contribution in [0.3, 0.4) is 0 Å². The number of nitrogens with two attached hydrogens (primary N) is 4.